The Labute approximate surface area is 158 Å². The van der Waals surface area contributed by atoms with E-state index in [1.807, 2.05) is 0 Å². The molecule has 0 fully saturated rings. The molecule has 2 heteroatoms. The van der Waals surface area contributed by atoms with Crippen molar-refractivity contribution in [2.75, 3.05) is 7.11 Å². The van der Waals surface area contributed by atoms with E-state index < -0.39 is 5.79 Å². The van der Waals surface area contributed by atoms with E-state index >= 15 is 0 Å². The van der Waals surface area contributed by atoms with Crippen LogP contribution in [0, 0.1) is 11.8 Å². The molecule has 0 aromatic carbocycles. The molecule has 0 aliphatic heterocycles. The summed E-state index contributed by atoms with van der Waals surface area (Å²) in [6.07, 6.45) is 23.0. The first kappa shape index (κ1) is 24.5. The summed E-state index contributed by atoms with van der Waals surface area (Å²) in [6.45, 7) is 3.86. The third-order valence-electron chi connectivity index (χ3n) is 4.87. The van der Waals surface area contributed by atoms with Crippen LogP contribution in [-0.4, -0.2) is 18.0 Å². The van der Waals surface area contributed by atoms with Gasteiger partial charge in [-0.2, -0.15) is 0 Å². The molecule has 0 bridgehead atoms. The molecule has 0 spiro atoms. The summed E-state index contributed by atoms with van der Waals surface area (Å²) in [7, 11) is 1.48. The normalized spacial score (nSPS) is 13.3. The molecule has 0 amide bonds. The van der Waals surface area contributed by atoms with Gasteiger partial charge in [0.1, 0.15) is 0 Å². The van der Waals surface area contributed by atoms with Gasteiger partial charge in [-0.3, -0.25) is 0 Å². The Hall–Kier alpha value is -0.520. The van der Waals surface area contributed by atoms with E-state index in [-0.39, 0.29) is 0 Å². The number of methoxy groups -OCH3 is 1. The largest absolute Gasteiger partial charge is 0.356 e. The molecule has 1 unspecified atom stereocenters. The molecule has 2 nitrogen and oxygen atoms in total. The molecule has 148 valence electrons. The third-order valence-corrected chi connectivity index (χ3v) is 4.87. The Balaban J connectivity index is 3.14. The van der Waals surface area contributed by atoms with Crippen molar-refractivity contribution >= 4 is 0 Å². The van der Waals surface area contributed by atoms with Gasteiger partial charge < -0.3 is 9.84 Å². The topological polar surface area (TPSA) is 29.5 Å². The highest BCUT2D eigenvalue weighted by Crippen LogP contribution is 2.14. The molecule has 0 rings (SSSR count). The van der Waals surface area contributed by atoms with Gasteiger partial charge >= 0.3 is 0 Å². The van der Waals surface area contributed by atoms with Gasteiger partial charge in [-0.25, -0.2) is 0 Å². The van der Waals surface area contributed by atoms with Gasteiger partial charge in [-0.15, -0.1) is 0 Å². The Morgan fingerprint density at radius 2 is 1.04 bits per heavy atom. The molecule has 0 aliphatic rings. The molecule has 25 heavy (non-hydrogen) atoms. The van der Waals surface area contributed by atoms with Crippen molar-refractivity contribution in [1.82, 2.24) is 0 Å². The van der Waals surface area contributed by atoms with Crippen LogP contribution in [-0.2, 0) is 4.74 Å². The monoisotopic (exact) mass is 352 g/mol. The highest BCUT2D eigenvalue weighted by Gasteiger charge is 2.13. The Bertz CT molecular complexity index is 325. The molecule has 0 saturated heterocycles. The van der Waals surface area contributed by atoms with E-state index in [1.54, 1.807) is 6.92 Å². The van der Waals surface area contributed by atoms with Crippen LogP contribution in [0.25, 0.3) is 0 Å². The van der Waals surface area contributed by atoms with Crippen molar-refractivity contribution < 1.29 is 9.84 Å². The second-order valence-corrected chi connectivity index (χ2v) is 7.54. The molecule has 1 atom stereocenters. The average molecular weight is 353 g/mol. The van der Waals surface area contributed by atoms with Crippen LogP contribution in [0.5, 0.6) is 0 Å². The van der Waals surface area contributed by atoms with Gasteiger partial charge in [0.05, 0.1) is 0 Å². The number of unbranched alkanes of at least 4 members (excludes halogenated alkanes) is 16. The van der Waals surface area contributed by atoms with Gasteiger partial charge in [-0.05, 0) is 12.3 Å². The Morgan fingerprint density at radius 1 is 0.680 bits per heavy atom. The first-order valence-electron chi connectivity index (χ1n) is 10.9. The summed E-state index contributed by atoms with van der Waals surface area (Å²) in [5, 5.41) is 9.56. The van der Waals surface area contributed by atoms with E-state index in [4.69, 9.17) is 4.74 Å². The predicted octanol–water partition coefficient (Wildman–Crippen LogP) is 7.00. The molecule has 1 N–H and O–H groups in total. The second-order valence-electron chi connectivity index (χ2n) is 7.54. The van der Waals surface area contributed by atoms with Gasteiger partial charge in [0.2, 0.25) is 5.79 Å². The van der Waals surface area contributed by atoms with E-state index in [2.05, 4.69) is 18.8 Å². The molecular formula is C23H44O2. The fourth-order valence-electron chi connectivity index (χ4n) is 3.04. The fourth-order valence-corrected chi connectivity index (χ4v) is 3.04. The molecule has 0 saturated carbocycles. The van der Waals surface area contributed by atoms with Crippen LogP contribution in [0.3, 0.4) is 0 Å². The molecule has 0 radical (unpaired) electrons. The molecular weight excluding hydrogens is 308 g/mol. The number of rotatable bonds is 17. The summed E-state index contributed by atoms with van der Waals surface area (Å²) < 4.78 is 4.85. The van der Waals surface area contributed by atoms with Gasteiger partial charge in [0.15, 0.2) is 0 Å². The quantitative estimate of drug-likeness (QED) is 0.173. The zero-order valence-corrected chi connectivity index (χ0v) is 17.4. The summed E-state index contributed by atoms with van der Waals surface area (Å²) >= 11 is 0. The first-order valence-corrected chi connectivity index (χ1v) is 10.9. The Kier molecular flexibility index (Phi) is 17.9. The van der Waals surface area contributed by atoms with Crippen molar-refractivity contribution in [2.45, 2.75) is 129 Å². The summed E-state index contributed by atoms with van der Waals surface area (Å²) in [6, 6.07) is 0. The molecule has 0 aromatic heterocycles. The number of hydrogen-bond acceptors (Lipinski definition) is 2. The maximum atomic E-state index is 9.56. The van der Waals surface area contributed by atoms with Crippen LogP contribution in [0.15, 0.2) is 0 Å². The average Bonchev–Trinajstić information content (AvgIpc) is 2.60. The lowest BCUT2D eigenvalue weighted by Crippen LogP contribution is -2.23. The van der Waals surface area contributed by atoms with Crippen LogP contribution < -0.4 is 0 Å². The van der Waals surface area contributed by atoms with Crippen molar-refractivity contribution in [3.05, 3.63) is 0 Å². The predicted molar refractivity (Wildman–Crippen MR) is 110 cm³/mol. The fraction of sp³-hybridized carbons (Fsp3) is 0.913. The van der Waals surface area contributed by atoms with Crippen molar-refractivity contribution in [2.24, 2.45) is 0 Å². The zero-order chi connectivity index (χ0) is 18.6. The lowest BCUT2D eigenvalue weighted by atomic mass is 10.0. The van der Waals surface area contributed by atoms with Crippen molar-refractivity contribution in [1.29, 1.82) is 0 Å². The highest BCUT2D eigenvalue weighted by molar-refractivity contribution is 5.07. The van der Waals surface area contributed by atoms with Crippen LogP contribution in [0.4, 0.5) is 0 Å². The highest BCUT2D eigenvalue weighted by atomic mass is 16.6. The second kappa shape index (κ2) is 18.3. The van der Waals surface area contributed by atoms with Gasteiger partial charge in [0.25, 0.3) is 0 Å². The molecule has 0 heterocycles. The van der Waals surface area contributed by atoms with Crippen molar-refractivity contribution in [3.63, 3.8) is 0 Å². The number of hydrogen-bond donors (Lipinski definition) is 1. The molecule has 0 aromatic rings. The van der Waals surface area contributed by atoms with Crippen molar-refractivity contribution in [3.8, 4) is 11.8 Å². The summed E-state index contributed by atoms with van der Waals surface area (Å²) in [4.78, 5) is 0. The van der Waals surface area contributed by atoms with E-state index in [9.17, 15) is 5.11 Å². The van der Waals surface area contributed by atoms with E-state index in [1.165, 1.54) is 103 Å². The smallest absolute Gasteiger partial charge is 0.227 e. The minimum atomic E-state index is -1.28. The summed E-state index contributed by atoms with van der Waals surface area (Å²) in [5.74, 6) is 4.46. The SMILES string of the molecule is CCCCCCCCCCCCCCCCCCC#CC(C)(O)OC. The number of ether oxygens (including phenoxy) is 1. The third kappa shape index (κ3) is 19.7. The van der Waals surface area contributed by atoms with Gasteiger partial charge in [-0.1, -0.05) is 109 Å². The van der Waals surface area contributed by atoms with E-state index in [0.717, 1.165) is 12.8 Å². The number of aliphatic hydroxyl groups is 1. The van der Waals surface area contributed by atoms with Crippen LogP contribution in [0.2, 0.25) is 0 Å². The summed E-state index contributed by atoms with van der Waals surface area (Å²) in [5.41, 5.74) is 0. The van der Waals surface area contributed by atoms with Crippen LogP contribution in [0.1, 0.15) is 123 Å². The maximum Gasteiger partial charge on any atom is 0.227 e. The first-order chi connectivity index (χ1) is 12.1. The van der Waals surface area contributed by atoms with Crippen LogP contribution >= 0.6 is 0 Å². The maximum absolute atomic E-state index is 9.56. The lowest BCUT2D eigenvalue weighted by molar-refractivity contribution is -0.122. The Morgan fingerprint density at radius 3 is 1.40 bits per heavy atom. The minimum Gasteiger partial charge on any atom is -0.356 e. The van der Waals surface area contributed by atoms with E-state index in [0.29, 0.717) is 0 Å². The molecule has 0 aliphatic carbocycles. The minimum absolute atomic E-state index is 0.859. The lowest BCUT2D eigenvalue weighted by Gasteiger charge is -2.12. The zero-order valence-electron chi connectivity index (χ0n) is 17.4. The van der Waals surface area contributed by atoms with Gasteiger partial charge in [0, 0.05) is 20.5 Å². The standard InChI is InChI=1S/C23H44O2/c1-4-5-6-7-8-9-10-11-12-13-14-15-16-17-18-19-20-21-22-23(2,24)25-3/h24H,4-20H2,1-3H3.